The Morgan fingerprint density at radius 3 is 2.21 bits per heavy atom. The van der Waals surface area contributed by atoms with Crippen LogP contribution in [0.4, 0.5) is 4.39 Å². The van der Waals surface area contributed by atoms with Crippen LogP contribution in [0.3, 0.4) is 0 Å². The average molecular weight is 393 g/mol. The van der Waals surface area contributed by atoms with E-state index >= 15 is 0 Å². The molecule has 1 amide bonds. The molecule has 2 aliphatic heterocycles. The number of carbonyl (C=O) groups excluding carboxylic acids is 1. The quantitative estimate of drug-likeness (QED) is 0.668. The molecule has 5 rings (SSSR count). The van der Waals surface area contributed by atoms with Gasteiger partial charge in [-0.25, -0.2) is 9.18 Å². The Bertz CT molecular complexity index is 1150. The van der Waals surface area contributed by atoms with Crippen LogP contribution in [0.1, 0.15) is 47.5 Å². The van der Waals surface area contributed by atoms with Gasteiger partial charge in [-0.1, -0.05) is 12.1 Å². The zero-order chi connectivity index (χ0) is 20.3. The van der Waals surface area contributed by atoms with Gasteiger partial charge in [-0.05, 0) is 67.5 Å². The van der Waals surface area contributed by atoms with Crippen LogP contribution in [0.25, 0.3) is 11.0 Å². The van der Waals surface area contributed by atoms with E-state index in [1.807, 2.05) is 30.3 Å². The van der Waals surface area contributed by atoms with Crippen molar-refractivity contribution in [2.75, 3.05) is 0 Å². The van der Waals surface area contributed by atoms with E-state index in [0.29, 0.717) is 11.5 Å². The fourth-order valence-electron chi connectivity index (χ4n) is 5.30. The number of halogens is 1. The number of fused-ring (bicyclic) bond motifs is 3. The Kier molecular flexibility index (Phi) is 4.12. The lowest BCUT2D eigenvalue weighted by Gasteiger charge is -2.39. The second-order valence-corrected chi connectivity index (χ2v) is 8.42. The van der Waals surface area contributed by atoms with Crippen molar-refractivity contribution < 1.29 is 9.18 Å². The van der Waals surface area contributed by atoms with Crippen molar-refractivity contribution in [2.45, 2.75) is 43.7 Å². The maximum absolute atomic E-state index is 13.4. The predicted octanol–water partition coefficient (Wildman–Crippen LogP) is 3.57. The Balaban J connectivity index is 1.43. The second-order valence-electron chi connectivity index (χ2n) is 8.42. The molecule has 2 bridgehead atoms. The van der Waals surface area contributed by atoms with Gasteiger partial charge in [0.1, 0.15) is 5.82 Å². The monoisotopic (exact) mass is 393 g/mol. The van der Waals surface area contributed by atoms with Gasteiger partial charge in [0.25, 0.3) is 5.91 Å². The SMILES string of the molecule is Cn1c(=O)n(C)c2cc(C(=O)N3C4CCC3CC(c3ccc(F)cc3)C4)ccc21. The van der Waals surface area contributed by atoms with Crippen molar-refractivity contribution in [3.8, 4) is 0 Å². The van der Waals surface area contributed by atoms with E-state index in [1.54, 1.807) is 23.2 Å². The van der Waals surface area contributed by atoms with Crippen LogP contribution in [-0.2, 0) is 14.1 Å². The van der Waals surface area contributed by atoms with Crippen molar-refractivity contribution in [3.63, 3.8) is 0 Å². The summed E-state index contributed by atoms with van der Waals surface area (Å²) in [7, 11) is 3.48. The van der Waals surface area contributed by atoms with E-state index in [9.17, 15) is 14.0 Å². The van der Waals surface area contributed by atoms with Crippen molar-refractivity contribution in [1.82, 2.24) is 14.0 Å². The number of hydrogen-bond acceptors (Lipinski definition) is 2. The first kappa shape index (κ1) is 18.2. The number of imidazole rings is 1. The number of hydrogen-bond donors (Lipinski definition) is 0. The van der Waals surface area contributed by atoms with Crippen molar-refractivity contribution >= 4 is 16.9 Å². The standard InChI is InChI=1S/C23H24FN3O2/c1-25-20-10-5-15(13-21(20)26(2)23(25)29)22(28)27-18-8-9-19(27)12-16(11-18)14-3-6-17(24)7-4-14/h3-7,10,13,16,18-19H,8-9,11-12H2,1-2H3. The van der Waals surface area contributed by atoms with Gasteiger partial charge in [0, 0.05) is 31.7 Å². The van der Waals surface area contributed by atoms with Gasteiger partial charge >= 0.3 is 5.69 Å². The van der Waals surface area contributed by atoms with Gasteiger partial charge in [-0.15, -0.1) is 0 Å². The molecular formula is C23H24FN3O2. The molecule has 2 atom stereocenters. The van der Waals surface area contributed by atoms with Crippen molar-refractivity contribution in [3.05, 3.63) is 69.9 Å². The number of benzene rings is 2. The highest BCUT2D eigenvalue weighted by atomic mass is 19.1. The molecule has 3 heterocycles. The first-order valence-electron chi connectivity index (χ1n) is 10.2. The summed E-state index contributed by atoms with van der Waals surface area (Å²) in [6.07, 6.45) is 3.86. The molecule has 5 nitrogen and oxygen atoms in total. The first-order chi connectivity index (χ1) is 13.9. The molecule has 0 aliphatic carbocycles. The molecule has 2 unspecified atom stereocenters. The summed E-state index contributed by atoms with van der Waals surface area (Å²) in [6.45, 7) is 0. The number of carbonyl (C=O) groups is 1. The van der Waals surface area contributed by atoms with E-state index in [0.717, 1.165) is 42.3 Å². The maximum atomic E-state index is 13.4. The molecule has 2 fully saturated rings. The maximum Gasteiger partial charge on any atom is 0.328 e. The Labute approximate surface area is 168 Å². The summed E-state index contributed by atoms with van der Waals surface area (Å²) in [4.78, 5) is 27.6. The molecule has 0 radical (unpaired) electrons. The lowest BCUT2D eigenvalue weighted by Crippen LogP contribution is -2.46. The molecule has 2 aliphatic rings. The number of aryl methyl sites for hydroxylation is 2. The molecule has 150 valence electrons. The van der Waals surface area contributed by atoms with E-state index in [4.69, 9.17) is 0 Å². The molecule has 3 aromatic rings. The summed E-state index contributed by atoms with van der Waals surface area (Å²) in [5, 5.41) is 0. The Hall–Kier alpha value is -2.89. The number of aromatic nitrogens is 2. The number of nitrogens with zero attached hydrogens (tertiary/aromatic N) is 3. The molecular weight excluding hydrogens is 369 g/mol. The number of piperidine rings is 1. The first-order valence-corrected chi connectivity index (χ1v) is 10.2. The largest absolute Gasteiger partial charge is 0.333 e. The van der Waals surface area contributed by atoms with Crippen LogP contribution in [0.2, 0.25) is 0 Å². The highest BCUT2D eigenvalue weighted by Gasteiger charge is 2.43. The summed E-state index contributed by atoms with van der Waals surface area (Å²) in [5.74, 6) is 0.206. The predicted molar refractivity (Wildman–Crippen MR) is 110 cm³/mol. The average Bonchev–Trinajstić information content (AvgIpc) is 3.12. The second kappa shape index (κ2) is 6.58. The minimum absolute atomic E-state index is 0.0493. The van der Waals surface area contributed by atoms with Crippen molar-refractivity contribution in [1.29, 1.82) is 0 Å². The molecule has 29 heavy (non-hydrogen) atoms. The molecule has 0 saturated carbocycles. The molecule has 2 saturated heterocycles. The third-order valence-corrected chi connectivity index (χ3v) is 6.83. The number of amides is 1. The van der Waals surface area contributed by atoms with Crippen LogP contribution in [0, 0.1) is 5.82 Å². The minimum Gasteiger partial charge on any atom is -0.333 e. The molecule has 1 aromatic heterocycles. The molecule has 6 heteroatoms. The van der Waals surface area contributed by atoms with Gasteiger partial charge in [0.2, 0.25) is 0 Å². The summed E-state index contributed by atoms with van der Waals surface area (Å²) in [5.41, 5.74) is 3.31. The van der Waals surface area contributed by atoms with E-state index < -0.39 is 0 Å². The minimum atomic E-state index is -0.213. The number of rotatable bonds is 2. The Morgan fingerprint density at radius 1 is 0.931 bits per heavy atom. The smallest absolute Gasteiger partial charge is 0.328 e. The fraction of sp³-hybridized carbons (Fsp3) is 0.391. The van der Waals surface area contributed by atoms with E-state index in [2.05, 4.69) is 4.90 Å². The fourth-order valence-corrected chi connectivity index (χ4v) is 5.30. The highest BCUT2D eigenvalue weighted by molar-refractivity contribution is 5.98. The van der Waals surface area contributed by atoms with Gasteiger partial charge < -0.3 is 4.90 Å². The van der Waals surface area contributed by atoms with Gasteiger partial charge in [-0.2, -0.15) is 0 Å². The zero-order valence-electron chi connectivity index (χ0n) is 16.6. The van der Waals surface area contributed by atoms with Crippen LogP contribution in [0.15, 0.2) is 47.3 Å². The van der Waals surface area contributed by atoms with Gasteiger partial charge in [0.05, 0.1) is 11.0 Å². The summed E-state index contributed by atoms with van der Waals surface area (Å²) >= 11 is 0. The normalized spacial score (nSPS) is 23.7. The highest BCUT2D eigenvalue weighted by Crippen LogP contribution is 2.43. The molecule has 0 spiro atoms. The third kappa shape index (κ3) is 2.81. The Morgan fingerprint density at radius 2 is 1.55 bits per heavy atom. The van der Waals surface area contributed by atoms with Gasteiger partial charge in [0.15, 0.2) is 0 Å². The van der Waals surface area contributed by atoms with Crippen LogP contribution in [0.5, 0.6) is 0 Å². The van der Waals surface area contributed by atoms with Crippen molar-refractivity contribution in [2.24, 2.45) is 14.1 Å². The van der Waals surface area contributed by atoms with E-state index in [1.165, 1.54) is 12.1 Å². The summed E-state index contributed by atoms with van der Waals surface area (Å²) < 4.78 is 16.4. The third-order valence-electron chi connectivity index (χ3n) is 6.83. The topological polar surface area (TPSA) is 47.2 Å². The van der Waals surface area contributed by atoms with Crippen LogP contribution >= 0.6 is 0 Å². The zero-order valence-corrected chi connectivity index (χ0v) is 16.6. The van der Waals surface area contributed by atoms with Crippen LogP contribution < -0.4 is 5.69 Å². The molecule has 0 N–H and O–H groups in total. The molecule has 2 aromatic carbocycles. The van der Waals surface area contributed by atoms with Gasteiger partial charge in [-0.3, -0.25) is 13.9 Å². The summed E-state index contributed by atoms with van der Waals surface area (Å²) in [6, 6.07) is 12.7. The lowest BCUT2D eigenvalue weighted by molar-refractivity contribution is 0.0571. The van der Waals surface area contributed by atoms with E-state index in [-0.39, 0.29) is 29.5 Å². The lowest BCUT2D eigenvalue weighted by atomic mass is 9.85. The van der Waals surface area contributed by atoms with Crippen LogP contribution in [-0.4, -0.2) is 32.0 Å².